The molecule has 1 aliphatic rings. The minimum absolute atomic E-state index is 0.349. The van der Waals surface area contributed by atoms with Crippen molar-refractivity contribution in [1.82, 2.24) is 4.98 Å². The summed E-state index contributed by atoms with van der Waals surface area (Å²) in [5.74, 6) is 1.05. The van der Waals surface area contributed by atoms with E-state index in [1.54, 1.807) is 6.07 Å². The Labute approximate surface area is 95.3 Å². The first-order chi connectivity index (χ1) is 7.83. The summed E-state index contributed by atoms with van der Waals surface area (Å²) in [6.45, 7) is 0. The maximum absolute atomic E-state index is 9.44. The van der Waals surface area contributed by atoms with Crippen LogP contribution in [-0.4, -0.2) is 10.1 Å². The number of hydrogen-bond donors (Lipinski definition) is 2. The van der Waals surface area contributed by atoms with Crippen LogP contribution in [0.5, 0.6) is 5.75 Å². The lowest BCUT2D eigenvalue weighted by molar-refractivity contribution is 0.438. The Balaban J connectivity index is 1.97. The number of aromatic nitrogens is 1. The van der Waals surface area contributed by atoms with Crippen LogP contribution in [0, 0.1) is 0 Å². The molecule has 0 bridgehead atoms. The first kappa shape index (κ1) is 9.76. The van der Waals surface area contributed by atoms with Crippen LogP contribution in [0.15, 0.2) is 24.3 Å². The van der Waals surface area contributed by atoms with Gasteiger partial charge in [0.15, 0.2) is 0 Å². The van der Waals surface area contributed by atoms with Crippen LogP contribution in [0.1, 0.15) is 43.7 Å². The fourth-order valence-electron chi connectivity index (χ4n) is 2.78. The molecule has 1 aliphatic carbocycles. The predicted molar refractivity (Wildman–Crippen MR) is 65.8 cm³/mol. The highest BCUT2D eigenvalue weighted by Gasteiger charge is 2.17. The molecule has 0 radical (unpaired) electrons. The van der Waals surface area contributed by atoms with Crippen molar-refractivity contribution in [1.29, 1.82) is 0 Å². The number of hydrogen-bond acceptors (Lipinski definition) is 1. The van der Waals surface area contributed by atoms with E-state index in [9.17, 15) is 5.11 Å². The molecule has 0 spiro atoms. The molecule has 0 atom stereocenters. The normalized spacial score (nSPS) is 18.0. The molecule has 0 unspecified atom stereocenters. The Kier molecular flexibility index (Phi) is 2.35. The summed E-state index contributed by atoms with van der Waals surface area (Å²) >= 11 is 0. The van der Waals surface area contributed by atoms with E-state index in [0.717, 1.165) is 10.9 Å². The van der Waals surface area contributed by atoms with Gasteiger partial charge in [0, 0.05) is 16.6 Å². The Hall–Kier alpha value is -1.44. The first-order valence-electron chi connectivity index (χ1n) is 6.14. The molecule has 0 aliphatic heterocycles. The Morgan fingerprint density at radius 1 is 1.06 bits per heavy atom. The number of nitrogens with one attached hydrogen (secondary N) is 1. The molecule has 84 valence electrons. The maximum atomic E-state index is 9.44. The maximum Gasteiger partial charge on any atom is 0.116 e. The Morgan fingerprint density at radius 3 is 2.69 bits per heavy atom. The van der Waals surface area contributed by atoms with Gasteiger partial charge in [-0.2, -0.15) is 0 Å². The van der Waals surface area contributed by atoms with Gasteiger partial charge in [-0.3, -0.25) is 0 Å². The van der Waals surface area contributed by atoms with Crippen LogP contribution in [0.25, 0.3) is 10.9 Å². The van der Waals surface area contributed by atoms with Gasteiger partial charge in [0.2, 0.25) is 0 Å². The standard InChI is InChI=1S/C14H17NO/c16-12-6-7-13-11(8-12)9-14(15-13)10-4-2-1-3-5-10/h6-10,15-16H,1-5H2. The van der Waals surface area contributed by atoms with Crippen molar-refractivity contribution >= 4 is 10.9 Å². The predicted octanol–water partition coefficient (Wildman–Crippen LogP) is 3.92. The van der Waals surface area contributed by atoms with Gasteiger partial charge >= 0.3 is 0 Å². The van der Waals surface area contributed by atoms with E-state index in [1.807, 2.05) is 12.1 Å². The van der Waals surface area contributed by atoms with Crippen molar-refractivity contribution in [3.8, 4) is 5.75 Å². The second-order valence-corrected chi connectivity index (χ2v) is 4.83. The van der Waals surface area contributed by atoms with Crippen molar-refractivity contribution in [2.45, 2.75) is 38.0 Å². The highest BCUT2D eigenvalue weighted by Crippen LogP contribution is 2.34. The van der Waals surface area contributed by atoms with Gasteiger partial charge in [0.1, 0.15) is 5.75 Å². The van der Waals surface area contributed by atoms with Gasteiger partial charge in [0.05, 0.1) is 0 Å². The molecular formula is C14H17NO. The van der Waals surface area contributed by atoms with Crippen LogP contribution in [0.4, 0.5) is 0 Å². The molecule has 2 aromatic rings. The van der Waals surface area contributed by atoms with Crippen LogP contribution in [-0.2, 0) is 0 Å². The molecule has 3 rings (SSSR count). The zero-order valence-corrected chi connectivity index (χ0v) is 9.37. The van der Waals surface area contributed by atoms with E-state index < -0.39 is 0 Å². The lowest BCUT2D eigenvalue weighted by Crippen LogP contribution is -2.04. The number of phenolic OH excluding ortho intramolecular Hbond substituents is 1. The molecule has 1 fully saturated rings. The van der Waals surface area contributed by atoms with Gasteiger partial charge in [-0.05, 0) is 43.0 Å². The molecule has 16 heavy (non-hydrogen) atoms. The fraction of sp³-hybridized carbons (Fsp3) is 0.429. The van der Waals surface area contributed by atoms with Crippen molar-refractivity contribution in [2.75, 3.05) is 0 Å². The number of benzene rings is 1. The number of phenols is 1. The molecule has 0 saturated heterocycles. The van der Waals surface area contributed by atoms with E-state index >= 15 is 0 Å². The van der Waals surface area contributed by atoms with Crippen LogP contribution in [0.2, 0.25) is 0 Å². The number of fused-ring (bicyclic) bond motifs is 1. The second-order valence-electron chi connectivity index (χ2n) is 4.83. The Bertz CT molecular complexity index is 494. The molecule has 1 saturated carbocycles. The third-order valence-corrected chi connectivity index (χ3v) is 3.67. The second kappa shape index (κ2) is 3.85. The van der Waals surface area contributed by atoms with Crippen molar-refractivity contribution in [3.05, 3.63) is 30.0 Å². The minimum atomic E-state index is 0.349. The minimum Gasteiger partial charge on any atom is -0.508 e. The first-order valence-corrected chi connectivity index (χ1v) is 6.14. The van der Waals surface area contributed by atoms with E-state index in [0.29, 0.717) is 11.7 Å². The highest BCUT2D eigenvalue weighted by atomic mass is 16.3. The zero-order chi connectivity index (χ0) is 11.0. The summed E-state index contributed by atoms with van der Waals surface area (Å²) in [4.78, 5) is 3.48. The highest BCUT2D eigenvalue weighted by molar-refractivity contribution is 5.82. The average molecular weight is 215 g/mol. The van der Waals surface area contributed by atoms with Gasteiger partial charge in [-0.15, -0.1) is 0 Å². The van der Waals surface area contributed by atoms with E-state index in [4.69, 9.17) is 0 Å². The monoisotopic (exact) mass is 215 g/mol. The number of rotatable bonds is 1. The number of H-pyrrole nitrogens is 1. The number of aromatic hydroxyl groups is 1. The third kappa shape index (κ3) is 1.69. The lowest BCUT2D eigenvalue weighted by Gasteiger charge is -2.20. The Morgan fingerprint density at radius 2 is 1.88 bits per heavy atom. The summed E-state index contributed by atoms with van der Waals surface area (Å²) in [5, 5.41) is 10.6. The quantitative estimate of drug-likeness (QED) is 0.743. The molecule has 2 heteroatoms. The van der Waals surface area contributed by atoms with Gasteiger partial charge in [-0.25, -0.2) is 0 Å². The third-order valence-electron chi connectivity index (χ3n) is 3.67. The summed E-state index contributed by atoms with van der Waals surface area (Å²) < 4.78 is 0. The van der Waals surface area contributed by atoms with Crippen molar-refractivity contribution < 1.29 is 5.11 Å². The summed E-state index contributed by atoms with van der Waals surface area (Å²) in [6, 6.07) is 7.73. The summed E-state index contributed by atoms with van der Waals surface area (Å²) in [7, 11) is 0. The molecule has 1 heterocycles. The molecule has 1 aromatic carbocycles. The van der Waals surface area contributed by atoms with E-state index in [2.05, 4.69) is 11.1 Å². The molecular weight excluding hydrogens is 198 g/mol. The molecule has 2 nitrogen and oxygen atoms in total. The largest absolute Gasteiger partial charge is 0.508 e. The van der Waals surface area contributed by atoms with Crippen molar-refractivity contribution in [2.24, 2.45) is 0 Å². The molecule has 2 N–H and O–H groups in total. The fourth-order valence-corrected chi connectivity index (χ4v) is 2.78. The van der Waals surface area contributed by atoms with E-state index in [-0.39, 0.29) is 0 Å². The van der Waals surface area contributed by atoms with Crippen molar-refractivity contribution in [3.63, 3.8) is 0 Å². The number of aromatic amines is 1. The summed E-state index contributed by atoms with van der Waals surface area (Å²) in [6.07, 6.45) is 6.70. The van der Waals surface area contributed by atoms with Gasteiger partial charge in [0.25, 0.3) is 0 Å². The van der Waals surface area contributed by atoms with E-state index in [1.165, 1.54) is 37.8 Å². The molecule has 1 aromatic heterocycles. The van der Waals surface area contributed by atoms with Crippen LogP contribution < -0.4 is 0 Å². The smallest absolute Gasteiger partial charge is 0.116 e. The zero-order valence-electron chi connectivity index (χ0n) is 9.37. The van der Waals surface area contributed by atoms with Gasteiger partial charge < -0.3 is 10.1 Å². The van der Waals surface area contributed by atoms with Crippen LogP contribution in [0.3, 0.4) is 0 Å². The SMILES string of the molecule is Oc1ccc2[nH]c(C3CCCCC3)cc2c1. The van der Waals surface area contributed by atoms with Gasteiger partial charge in [-0.1, -0.05) is 19.3 Å². The average Bonchev–Trinajstić information content (AvgIpc) is 2.73. The molecule has 0 amide bonds. The summed E-state index contributed by atoms with van der Waals surface area (Å²) in [5.41, 5.74) is 2.48. The lowest BCUT2D eigenvalue weighted by atomic mass is 9.87. The topological polar surface area (TPSA) is 36.0 Å². The van der Waals surface area contributed by atoms with Crippen LogP contribution >= 0.6 is 0 Å².